The van der Waals surface area contributed by atoms with E-state index in [0.29, 0.717) is 29.8 Å². The molecule has 9 aromatic heterocycles. The minimum atomic E-state index is 0.539. The van der Waals surface area contributed by atoms with Gasteiger partial charge in [-0.15, -0.1) is 22.7 Å². The number of nitrogens with zero attached hydrogens (tertiary/aromatic N) is 7. The van der Waals surface area contributed by atoms with Gasteiger partial charge in [0.15, 0.2) is 0 Å². The van der Waals surface area contributed by atoms with Crippen molar-refractivity contribution in [1.29, 1.82) is 0 Å². The predicted octanol–water partition coefficient (Wildman–Crippen LogP) is 23.6. The summed E-state index contributed by atoms with van der Waals surface area (Å²) in [5.74, 6) is 5.18. The highest BCUT2D eigenvalue weighted by Gasteiger charge is 2.02. The van der Waals surface area contributed by atoms with Crippen LogP contribution in [0.4, 0.5) is 0 Å². The van der Waals surface area contributed by atoms with Crippen molar-refractivity contribution >= 4 is 44.5 Å². The van der Waals surface area contributed by atoms with Crippen LogP contribution in [0.25, 0.3) is 21.9 Å². The number of nitrogens with one attached hydrogen (secondary N) is 2. The van der Waals surface area contributed by atoms with E-state index in [4.69, 9.17) is 4.42 Å². The van der Waals surface area contributed by atoms with Crippen molar-refractivity contribution in [1.82, 2.24) is 44.0 Å². The normalized spacial score (nSPS) is 9.76. The minimum absolute atomic E-state index is 0.539. The lowest BCUT2D eigenvalue weighted by molar-refractivity contribution is 0.600. The van der Waals surface area contributed by atoms with E-state index in [1.54, 1.807) is 54.9 Å². The summed E-state index contributed by atoms with van der Waals surface area (Å²) in [4.78, 5) is 26.8. The molecule has 2 aromatic carbocycles. The Bertz CT molecular complexity index is 2710. The van der Waals surface area contributed by atoms with Crippen LogP contribution in [-0.2, 0) is 0 Å². The molecule has 0 bridgehead atoms. The summed E-state index contributed by atoms with van der Waals surface area (Å²) in [5, 5.41) is 7.85. The van der Waals surface area contributed by atoms with Gasteiger partial charge in [0, 0.05) is 113 Å². The summed E-state index contributed by atoms with van der Waals surface area (Å²) in [6.07, 6.45) is 25.4. The van der Waals surface area contributed by atoms with Gasteiger partial charge in [-0.25, -0.2) is 15.0 Å². The number of para-hydroxylation sites is 2. The first-order valence-corrected chi connectivity index (χ1v) is 32.3. The smallest absolute Gasteiger partial charge is 0.133 e. The van der Waals surface area contributed by atoms with Crippen molar-refractivity contribution in [3.63, 3.8) is 0 Å². The second-order valence-corrected chi connectivity index (χ2v) is 25.5. The number of hydrogen-bond acceptors (Lipinski definition) is 8. The summed E-state index contributed by atoms with van der Waals surface area (Å²) < 4.78 is 9.46. The average Bonchev–Trinajstić information content (AvgIpc) is 4.52. The number of thiophene rings is 1. The van der Waals surface area contributed by atoms with Crippen molar-refractivity contribution < 1.29 is 4.42 Å². The van der Waals surface area contributed by atoms with Gasteiger partial charge in [0.05, 0.1) is 23.9 Å². The van der Waals surface area contributed by atoms with Crippen LogP contribution < -0.4 is 0 Å². The van der Waals surface area contributed by atoms with Crippen LogP contribution in [0, 0.1) is 23.7 Å². The molecule has 10 nitrogen and oxygen atoms in total. The molecule has 86 heavy (non-hydrogen) atoms. The molecule has 0 spiro atoms. The van der Waals surface area contributed by atoms with Gasteiger partial charge < -0.3 is 23.5 Å². The minimum Gasteiger partial charge on any atom is -0.464 e. The lowest BCUT2D eigenvalue weighted by Crippen LogP contribution is -1.97. The Balaban J connectivity index is 0. The van der Waals surface area contributed by atoms with Crippen LogP contribution >= 0.6 is 22.7 Å². The number of aromatic nitrogens is 9. The lowest BCUT2D eigenvalue weighted by atomic mass is 10.1. The number of imidazole rings is 2. The van der Waals surface area contributed by atoms with Gasteiger partial charge in [0.25, 0.3) is 0 Å². The third kappa shape index (κ3) is 49.1. The molecule has 11 rings (SSSR count). The van der Waals surface area contributed by atoms with Gasteiger partial charge in [-0.3, -0.25) is 9.97 Å². The lowest BCUT2D eigenvalue weighted by Gasteiger charge is -2.08. The summed E-state index contributed by atoms with van der Waals surface area (Å²) in [7, 11) is 0. The molecule has 0 unspecified atom stereocenters. The first-order chi connectivity index (χ1) is 40.9. The predicted molar refractivity (Wildman–Crippen MR) is 380 cm³/mol. The largest absolute Gasteiger partial charge is 0.464 e. The van der Waals surface area contributed by atoms with Crippen molar-refractivity contribution in [3.05, 3.63) is 235 Å². The molecule has 0 aliphatic carbocycles. The van der Waals surface area contributed by atoms with E-state index in [-0.39, 0.29) is 0 Å². The molecular weight excluding hydrogens is 1100 g/mol. The summed E-state index contributed by atoms with van der Waals surface area (Å²) in [6.45, 7) is 47.7. The Hall–Kier alpha value is -7.15. The van der Waals surface area contributed by atoms with Crippen molar-refractivity contribution in [2.24, 2.45) is 23.7 Å². The Kier molecular flexibility index (Phi) is 50.2. The standard InChI is InChI=1S/C11H13N.C8H11N.C8H6O.C7H10S.C6H10N2.C6H9NS.C5H5N.C4H5N.4C4H10.C3H4N2/c1-9(2)12-8-7-10-5-3-4-6-11(10)12;1-7(2)8-5-3-4-6-9-8;1-2-4-8-7(3-1)5-6-9-8;1-6(2)7-4-3-5-8-7;1-6(2)8-4-3-7-5-8;1-5(2)6-7-3-4-8-6;1-2-4-6-5-3-1;1-2-4-5-3-1;4*1-4(2)3;1-2-5-3-4-1/h3-9H,1-2H3;3-7H,1-2H3;1-6H;2*3-6H,1-2H3;3-5H,1-2H3;1-5H;1-5H;4*4H,1-3H3;1-3H,(H,4,5). The molecule has 0 fully saturated rings. The van der Waals surface area contributed by atoms with Gasteiger partial charge >= 0.3 is 0 Å². The van der Waals surface area contributed by atoms with E-state index in [2.05, 4.69) is 250 Å². The number of hydrogen-bond donors (Lipinski definition) is 2. The highest BCUT2D eigenvalue weighted by atomic mass is 32.1. The Morgan fingerprint density at radius 2 is 0.988 bits per heavy atom. The number of H-pyrrole nitrogens is 2. The SMILES string of the molecule is CC(C)C.CC(C)C.CC(C)C.CC(C)C.CC(C)c1ccccn1.CC(C)c1cccs1.CC(C)c1nccs1.CC(C)n1ccc2ccccc21.CC(C)n1ccnc1.c1c[nH]cn1.c1cc[nH]c1.c1ccc2occc2c1.c1ccncc1. The zero-order valence-electron chi connectivity index (χ0n) is 56.8. The van der Waals surface area contributed by atoms with E-state index in [9.17, 15) is 0 Å². The van der Waals surface area contributed by atoms with E-state index < -0.39 is 0 Å². The van der Waals surface area contributed by atoms with Crippen molar-refractivity contribution in [2.75, 3.05) is 0 Å². The van der Waals surface area contributed by atoms with Crippen LogP contribution in [0.3, 0.4) is 0 Å². The molecule has 0 radical (unpaired) electrons. The second kappa shape index (κ2) is 53.3. The fourth-order valence-electron chi connectivity index (χ4n) is 5.70. The molecule has 0 aliphatic heterocycles. The first kappa shape index (κ1) is 80.9. The van der Waals surface area contributed by atoms with Gasteiger partial charge in [-0.1, -0.05) is 179 Å². The van der Waals surface area contributed by atoms with E-state index in [1.165, 1.54) is 20.8 Å². The van der Waals surface area contributed by atoms with Crippen molar-refractivity contribution in [2.45, 2.75) is 182 Å². The maximum absolute atomic E-state index is 5.12. The number of fused-ring (bicyclic) bond motifs is 2. The highest BCUT2D eigenvalue weighted by molar-refractivity contribution is 7.10. The third-order valence-electron chi connectivity index (χ3n) is 9.47. The number of benzene rings is 2. The maximum atomic E-state index is 5.12. The van der Waals surface area contributed by atoms with Crippen molar-refractivity contribution in [3.8, 4) is 0 Å². The summed E-state index contributed by atoms with van der Waals surface area (Å²) in [6, 6.07) is 41.5. The monoisotopic (exact) mass is 1210 g/mol. The number of pyridine rings is 2. The molecule has 0 saturated heterocycles. The number of furan rings is 1. The second-order valence-electron chi connectivity index (χ2n) is 23.6. The molecule has 0 saturated carbocycles. The molecule has 2 N–H and O–H groups in total. The van der Waals surface area contributed by atoms with Crippen LogP contribution in [0.15, 0.2) is 224 Å². The molecular formula is C74H113N9OS2. The molecule has 472 valence electrons. The van der Waals surface area contributed by atoms with E-state index in [0.717, 1.165) is 40.3 Å². The highest BCUT2D eigenvalue weighted by Crippen LogP contribution is 2.20. The molecule has 0 aliphatic rings. The fourth-order valence-corrected chi connectivity index (χ4v) is 7.10. The zero-order valence-corrected chi connectivity index (χ0v) is 58.5. The van der Waals surface area contributed by atoms with Crippen LogP contribution in [0.2, 0.25) is 0 Å². The van der Waals surface area contributed by atoms with E-state index >= 15 is 0 Å². The Labute approximate surface area is 530 Å². The fraction of sp³-hybridized carbons (Fsp3) is 0.419. The maximum Gasteiger partial charge on any atom is 0.133 e. The topological polar surface area (TPSA) is 119 Å². The third-order valence-corrected chi connectivity index (χ3v) is 11.7. The molecule has 12 heteroatoms. The number of thiazole rings is 1. The molecule has 9 heterocycles. The average molecular weight is 1210 g/mol. The zero-order chi connectivity index (χ0) is 64.9. The van der Waals surface area contributed by atoms with Crippen LogP contribution in [-0.4, -0.2) is 44.0 Å². The summed E-state index contributed by atoms with van der Waals surface area (Å²) in [5.41, 5.74) is 3.45. The van der Waals surface area contributed by atoms with Crippen LogP contribution in [0.1, 0.15) is 198 Å². The van der Waals surface area contributed by atoms with E-state index in [1.807, 2.05) is 133 Å². The first-order valence-electron chi connectivity index (χ1n) is 30.5. The number of rotatable bonds is 5. The molecule has 0 atom stereocenters. The van der Waals surface area contributed by atoms with Gasteiger partial charge in [0.1, 0.15) is 5.58 Å². The quantitative estimate of drug-likeness (QED) is 0.177. The van der Waals surface area contributed by atoms with Crippen LogP contribution in [0.5, 0.6) is 0 Å². The Morgan fingerprint density at radius 1 is 0.407 bits per heavy atom. The Morgan fingerprint density at radius 3 is 1.31 bits per heavy atom. The van der Waals surface area contributed by atoms with Gasteiger partial charge in [0.2, 0.25) is 0 Å². The number of aromatic amines is 2. The molecule has 11 aromatic rings. The van der Waals surface area contributed by atoms with Gasteiger partial charge in [-0.05, 0) is 141 Å². The molecule has 0 amide bonds. The summed E-state index contributed by atoms with van der Waals surface area (Å²) >= 11 is 3.55. The van der Waals surface area contributed by atoms with Gasteiger partial charge in [-0.2, -0.15) is 0 Å².